The lowest BCUT2D eigenvalue weighted by Gasteiger charge is -2.10. The van der Waals surface area contributed by atoms with Crippen LogP contribution < -0.4 is 10.6 Å². The van der Waals surface area contributed by atoms with Crippen LogP contribution in [0.4, 0.5) is 11.4 Å². The monoisotopic (exact) mass is 292 g/mol. The summed E-state index contributed by atoms with van der Waals surface area (Å²) in [6, 6.07) is 8.14. The molecule has 0 aromatic heterocycles. The molecule has 0 bridgehead atoms. The summed E-state index contributed by atoms with van der Waals surface area (Å²) in [4.78, 5) is 0. The van der Waals surface area contributed by atoms with Crippen molar-refractivity contribution in [2.45, 2.75) is 13.8 Å². The highest BCUT2D eigenvalue weighted by atomic mass is 14.9. The van der Waals surface area contributed by atoms with E-state index in [0.29, 0.717) is 0 Å². The Morgan fingerprint density at radius 1 is 0.864 bits per heavy atom. The Balaban J connectivity index is 2.78. The van der Waals surface area contributed by atoms with E-state index in [0.717, 1.165) is 22.8 Å². The molecule has 0 aliphatic rings. The molecule has 2 heteroatoms. The second kappa shape index (κ2) is 10.1. The molecule has 0 heterocycles. The van der Waals surface area contributed by atoms with Crippen LogP contribution in [-0.2, 0) is 0 Å². The Hall–Kier alpha value is -2.74. The third-order valence-electron chi connectivity index (χ3n) is 2.83. The summed E-state index contributed by atoms with van der Waals surface area (Å²) in [5, 5.41) is 6.69. The smallest absolute Gasteiger partial charge is 0.0385 e. The van der Waals surface area contributed by atoms with Crippen molar-refractivity contribution < 1.29 is 0 Å². The van der Waals surface area contributed by atoms with Gasteiger partial charge in [0.1, 0.15) is 0 Å². The lowest BCUT2D eigenvalue weighted by atomic mass is 10.2. The largest absolute Gasteiger partial charge is 0.356 e. The van der Waals surface area contributed by atoms with Crippen molar-refractivity contribution in [3.8, 4) is 0 Å². The molecule has 0 atom stereocenters. The van der Waals surface area contributed by atoms with Crippen LogP contribution in [0.1, 0.15) is 13.8 Å². The second-order valence-corrected chi connectivity index (χ2v) is 4.52. The summed E-state index contributed by atoms with van der Waals surface area (Å²) in [6.07, 6.45) is 15.4. The van der Waals surface area contributed by atoms with Gasteiger partial charge < -0.3 is 10.6 Å². The highest BCUT2D eigenvalue weighted by molar-refractivity contribution is 5.59. The van der Waals surface area contributed by atoms with Gasteiger partial charge in [-0.15, -0.1) is 0 Å². The van der Waals surface area contributed by atoms with Crippen molar-refractivity contribution in [1.29, 1.82) is 0 Å². The SMILES string of the molecule is C=C/C=C\C(=C/C)Nc1ccc(NC(/C=C\C)=C/C=C)cc1. The molecule has 0 radical (unpaired) electrons. The van der Waals surface area contributed by atoms with E-state index in [9.17, 15) is 0 Å². The first kappa shape index (κ1) is 17.3. The van der Waals surface area contributed by atoms with Crippen LogP contribution >= 0.6 is 0 Å². The van der Waals surface area contributed by atoms with Gasteiger partial charge in [-0.3, -0.25) is 0 Å². The maximum atomic E-state index is 3.73. The summed E-state index contributed by atoms with van der Waals surface area (Å²) in [7, 11) is 0. The summed E-state index contributed by atoms with van der Waals surface area (Å²) in [5.74, 6) is 0. The van der Waals surface area contributed by atoms with Gasteiger partial charge in [0.2, 0.25) is 0 Å². The molecular formula is C20H24N2. The fourth-order valence-corrected chi connectivity index (χ4v) is 1.80. The maximum Gasteiger partial charge on any atom is 0.0385 e. The molecule has 0 saturated carbocycles. The zero-order valence-corrected chi connectivity index (χ0v) is 13.3. The fraction of sp³-hybridized carbons (Fsp3) is 0.100. The standard InChI is InChI=1S/C20H24N2/c1-5-9-12-17(8-4)21-19-13-15-20(16-14-19)22-18(10-6-2)11-7-3/h5-16,21-22H,1-2H2,3-4H3/b11-7-,12-9-,17-8+,18-10+. The quantitative estimate of drug-likeness (QED) is 0.591. The molecule has 1 rings (SSSR count). The Kier molecular flexibility index (Phi) is 7.91. The van der Waals surface area contributed by atoms with E-state index >= 15 is 0 Å². The molecule has 0 spiro atoms. The van der Waals surface area contributed by atoms with Crippen LogP contribution in [0.15, 0.2) is 97.4 Å². The average molecular weight is 292 g/mol. The lowest BCUT2D eigenvalue weighted by Crippen LogP contribution is -1.98. The number of anilines is 2. The van der Waals surface area contributed by atoms with Crippen molar-refractivity contribution >= 4 is 11.4 Å². The van der Waals surface area contributed by atoms with Gasteiger partial charge in [-0.2, -0.15) is 0 Å². The Morgan fingerprint density at radius 3 is 1.91 bits per heavy atom. The summed E-state index contributed by atoms with van der Waals surface area (Å²) in [5.41, 5.74) is 4.09. The molecule has 22 heavy (non-hydrogen) atoms. The van der Waals surface area contributed by atoms with Gasteiger partial charge in [0, 0.05) is 22.8 Å². The third-order valence-corrected chi connectivity index (χ3v) is 2.83. The molecule has 1 aromatic rings. The topological polar surface area (TPSA) is 24.1 Å². The van der Waals surface area contributed by atoms with Crippen LogP contribution in [0.3, 0.4) is 0 Å². The van der Waals surface area contributed by atoms with Gasteiger partial charge in [0.05, 0.1) is 0 Å². The van der Waals surface area contributed by atoms with Gasteiger partial charge in [0.15, 0.2) is 0 Å². The first-order valence-electron chi connectivity index (χ1n) is 7.28. The minimum absolute atomic E-state index is 1.00. The molecule has 2 N–H and O–H groups in total. The van der Waals surface area contributed by atoms with E-state index in [1.165, 1.54) is 0 Å². The van der Waals surface area contributed by atoms with Crippen molar-refractivity contribution in [2.75, 3.05) is 10.6 Å². The molecule has 1 aromatic carbocycles. The average Bonchev–Trinajstić information content (AvgIpc) is 2.53. The number of benzene rings is 1. The van der Waals surface area contributed by atoms with E-state index in [4.69, 9.17) is 0 Å². The predicted molar refractivity (Wildman–Crippen MR) is 99.9 cm³/mol. The molecule has 0 aliphatic heterocycles. The van der Waals surface area contributed by atoms with Gasteiger partial charge >= 0.3 is 0 Å². The molecule has 2 nitrogen and oxygen atoms in total. The third kappa shape index (κ3) is 6.14. The molecular weight excluding hydrogens is 268 g/mol. The van der Waals surface area contributed by atoms with Gasteiger partial charge in [-0.25, -0.2) is 0 Å². The summed E-state index contributed by atoms with van der Waals surface area (Å²) < 4.78 is 0. The molecule has 0 fully saturated rings. The van der Waals surface area contributed by atoms with Crippen molar-refractivity contribution in [2.24, 2.45) is 0 Å². The highest BCUT2D eigenvalue weighted by Gasteiger charge is 1.97. The predicted octanol–water partition coefficient (Wildman–Crippen LogP) is 5.80. The number of hydrogen-bond donors (Lipinski definition) is 2. The molecule has 0 saturated heterocycles. The lowest BCUT2D eigenvalue weighted by molar-refractivity contribution is 1.42. The van der Waals surface area contributed by atoms with Crippen LogP contribution in [0.5, 0.6) is 0 Å². The number of allylic oxidation sites excluding steroid dienone is 8. The van der Waals surface area contributed by atoms with Crippen molar-refractivity contribution in [3.63, 3.8) is 0 Å². The molecule has 0 amide bonds. The zero-order valence-electron chi connectivity index (χ0n) is 13.3. The second-order valence-electron chi connectivity index (χ2n) is 4.52. The van der Waals surface area contributed by atoms with E-state index in [2.05, 4.69) is 23.8 Å². The maximum absolute atomic E-state index is 3.73. The highest BCUT2D eigenvalue weighted by Crippen LogP contribution is 2.17. The summed E-state index contributed by atoms with van der Waals surface area (Å²) in [6.45, 7) is 11.4. The number of nitrogens with one attached hydrogen (secondary N) is 2. The first-order chi connectivity index (χ1) is 10.7. The Labute approximate surface area is 134 Å². The Morgan fingerprint density at radius 2 is 1.45 bits per heavy atom. The van der Waals surface area contributed by atoms with E-state index in [1.54, 1.807) is 12.2 Å². The van der Waals surface area contributed by atoms with Crippen molar-refractivity contribution in [3.05, 3.63) is 97.4 Å². The van der Waals surface area contributed by atoms with E-state index in [1.807, 2.05) is 74.6 Å². The summed E-state index contributed by atoms with van der Waals surface area (Å²) >= 11 is 0. The number of hydrogen-bond acceptors (Lipinski definition) is 2. The van der Waals surface area contributed by atoms with Crippen LogP contribution in [0.25, 0.3) is 0 Å². The molecule has 114 valence electrons. The minimum atomic E-state index is 1.00. The molecule has 0 unspecified atom stereocenters. The van der Waals surface area contributed by atoms with Crippen LogP contribution in [0.2, 0.25) is 0 Å². The van der Waals surface area contributed by atoms with E-state index < -0.39 is 0 Å². The van der Waals surface area contributed by atoms with Crippen molar-refractivity contribution in [1.82, 2.24) is 0 Å². The molecule has 0 aliphatic carbocycles. The van der Waals surface area contributed by atoms with Crippen LogP contribution in [-0.4, -0.2) is 0 Å². The zero-order chi connectivity index (χ0) is 16.2. The normalized spacial score (nSPS) is 12.6. The van der Waals surface area contributed by atoms with Gasteiger partial charge in [0.25, 0.3) is 0 Å². The van der Waals surface area contributed by atoms with Gasteiger partial charge in [-0.05, 0) is 56.3 Å². The van der Waals surface area contributed by atoms with E-state index in [-0.39, 0.29) is 0 Å². The number of rotatable bonds is 8. The first-order valence-corrected chi connectivity index (χ1v) is 7.28. The fourth-order valence-electron chi connectivity index (χ4n) is 1.80. The van der Waals surface area contributed by atoms with Crippen LogP contribution in [0, 0.1) is 0 Å². The minimum Gasteiger partial charge on any atom is -0.356 e. The van der Waals surface area contributed by atoms with Gasteiger partial charge in [-0.1, -0.05) is 43.5 Å². The Bertz CT molecular complexity index is 599.